The minimum atomic E-state index is -0.607. The lowest BCUT2D eigenvalue weighted by Crippen LogP contribution is -2.21. The Morgan fingerprint density at radius 2 is 1.67 bits per heavy atom. The van der Waals surface area contributed by atoms with Gasteiger partial charge in [-0.1, -0.05) is 51.6 Å². The number of aromatic nitrogens is 2. The standard InChI is InChI=1S/C19H13Cl4N3O4/c20-11-3-1-10(2-4-11)19-25-16(30-26-19)5-6-17(28)29-9-15(27)24-18-13(22)7-12(21)8-14(18)23/h1-4,7-8H,5-6,9H2,(H,24,27). The van der Waals surface area contributed by atoms with Gasteiger partial charge in [-0.25, -0.2) is 0 Å². The summed E-state index contributed by atoms with van der Waals surface area (Å²) in [6, 6.07) is 9.78. The first-order chi connectivity index (χ1) is 14.3. The molecule has 7 nitrogen and oxygen atoms in total. The molecule has 0 atom stereocenters. The second kappa shape index (κ2) is 10.1. The fourth-order valence-electron chi connectivity index (χ4n) is 2.34. The number of amides is 1. The van der Waals surface area contributed by atoms with Crippen LogP contribution in [0.4, 0.5) is 5.69 Å². The molecule has 0 radical (unpaired) electrons. The van der Waals surface area contributed by atoms with Gasteiger partial charge in [0.2, 0.25) is 11.7 Å². The number of benzene rings is 2. The lowest BCUT2D eigenvalue weighted by atomic mass is 10.2. The molecule has 0 aliphatic rings. The molecule has 0 saturated heterocycles. The maximum Gasteiger partial charge on any atom is 0.306 e. The van der Waals surface area contributed by atoms with Crippen LogP contribution in [0.1, 0.15) is 12.3 Å². The van der Waals surface area contributed by atoms with Gasteiger partial charge in [-0.05, 0) is 36.4 Å². The molecule has 1 amide bonds. The Hall–Kier alpha value is -2.32. The third-order valence-electron chi connectivity index (χ3n) is 3.75. The molecule has 3 rings (SSSR count). The molecule has 30 heavy (non-hydrogen) atoms. The second-order valence-electron chi connectivity index (χ2n) is 5.97. The molecule has 0 saturated carbocycles. The van der Waals surface area contributed by atoms with Gasteiger partial charge in [-0.3, -0.25) is 9.59 Å². The van der Waals surface area contributed by atoms with Crippen LogP contribution < -0.4 is 5.32 Å². The highest BCUT2D eigenvalue weighted by Crippen LogP contribution is 2.33. The van der Waals surface area contributed by atoms with Crippen molar-refractivity contribution in [3.63, 3.8) is 0 Å². The molecule has 1 heterocycles. The van der Waals surface area contributed by atoms with Crippen LogP contribution in [-0.2, 0) is 20.7 Å². The molecule has 0 unspecified atom stereocenters. The summed E-state index contributed by atoms with van der Waals surface area (Å²) in [4.78, 5) is 28.1. The maximum atomic E-state index is 12.0. The van der Waals surface area contributed by atoms with Gasteiger partial charge in [0.25, 0.3) is 5.91 Å². The normalized spacial score (nSPS) is 10.7. The fourth-order valence-corrected chi connectivity index (χ4v) is 3.37. The van der Waals surface area contributed by atoms with E-state index in [9.17, 15) is 9.59 Å². The van der Waals surface area contributed by atoms with Crippen molar-refractivity contribution in [1.29, 1.82) is 0 Å². The molecular weight excluding hydrogens is 476 g/mol. The van der Waals surface area contributed by atoms with E-state index in [1.807, 2.05) is 0 Å². The predicted molar refractivity (Wildman–Crippen MR) is 114 cm³/mol. The number of rotatable bonds is 7. The molecule has 0 aliphatic heterocycles. The second-order valence-corrected chi connectivity index (χ2v) is 7.66. The number of nitrogens with zero attached hydrogens (tertiary/aromatic N) is 2. The first-order valence-corrected chi connectivity index (χ1v) is 10.0. The average Bonchev–Trinajstić information content (AvgIpc) is 3.17. The number of halogens is 4. The minimum Gasteiger partial charge on any atom is -0.456 e. The Morgan fingerprint density at radius 1 is 1.00 bits per heavy atom. The molecule has 0 fully saturated rings. The van der Waals surface area contributed by atoms with Crippen molar-refractivity contribution >= 4 is 64.0 Å². The van der Waals surface area contributed by atoms with E-state index in [-0.39, 0.29) is 34.5 Å². The van der Waals surface area contributed by atoms with Crippen molar-refractivity contribution in [2.75, 3.05) is 11.9 Å². The highest BCUT2D eigenvalue weighted by atomic mass is 35.5. The van der Waals surface area contributed by atoms with Crippen LogP contribution in [0.3, 0.4) is 0 Å². The molecule has 1 N–H and O–H groups in total. The summed E-state index contributed by atoms with van der Waals surface area (Å²) in [6.07, 6.45) is 0.119. The van der Waals surface area contributed by atoms with Crippen molar-refractivity contribution < 1.29 is 18.8 Å². The zero-order valence-electron chi connectivity index (χ0n) is 15.1. The largest absolute Gasteiger partial charge is 0.456 e. The SMILES string of the molecule is O=C(COC(=O)CCc1nc(-c2ccc(Cl)cc2)no1)Nc1c(Cl)cc(Cl)cc1Cl. The van der Waals surface area contributed by atoms with E-state index in [0.29, 0.717) is 15.9 Å². The summed E-state index contributed by atoms with van der Waals surface area (Å²) in [5.74, 6) is -0.561. The smallest absolute Gasteiger partial charge is 0.306 e. The first kappa shape index (κ1) is 22.4. The highest BCUT2D eigenvalue weighted by Gasteiger charge is 2.15. The summed E-state index contributed by atoms with van der Waals surface area (Å²) < 4.78 is 10.1. The highest BCUT2D eigenvalue weighted by molar-refractivity contribution is 6.42. The molecule has 0 spiro atoms. The fraction of sp³-hybridized carbons (Fsp3) is 0.158. The molecule has 0 bridgehead atoms. The average molecular weight is 489 g/mol. The number of carbonyl (C=O) groups is 2. The Bertz CT molecular complexity index is 1050. The molecule has 3 aromatic rings. The molecule has 1 aromatic heterocycles. The zero-order chi connectivity index (χ0) is 21.7. The summed E-state index contributed by atoms with van der Waals surface area (Å²) in [6.45, 7) is -0.506. The van der Waals surface area contributed by atoms with Crippen LogP contribution >= 0.6 is 46.4 Å². The van der Waals surface area contributed by atoms with Gasteiger partial charge in [0.05, 0.1) is 22.2 Å². The zero-order valence-corrected chi connectivity index (χ0v) is 18.1. The third kappa shape index (κ3) is 6.09. The summed E-state index contributed by atoms with van der Waals surface area (Å²) in [5.41, 5.74) is 0.914. The van der Waals surface area contributed by atoms with Crippen LogP contribution in [0, 0.1) is 0 Å². The first-order valence-electron chi connectivity index (χ1n) is 8.50. The van der Waals surface area contributed by atoms with E-state index in [1.165, 1.54) is 12.1 Å². The van der Waals surface area contributed by atoms with Gasteiger partial charge >= 0.3 is 5.97 Å². The Labute approximate surface area is 191 Å². The van der Waals surface area contributed by atoms with Crippen LogP contribution in [-0.4, -0.2) is 28.6 Å². The van der Waals surface area contributed by atoms with E-state index < -0.39 is 18.5 Å². The van der Waals surface area contributed by atoms with Gasteiger partial charge < -0.3 is 14.6 Å². The molecule has 11 heteroatoms. The third-order valence-corrected chi connectivity index (χ3v) is 4.82. The van der Waals surface area contributed by atoms with Crippen LogP contribution in [0.2, 0.25) is 20.1 Å². The minimum absolute atomic E-state index is 0.0437. The number of carbonyl (C=O) groups excluding carboxylic acids is 2. The van der Waals surface area contributed by atoms with Crippen molar-refractivity contribution in [2.24, 2.45) is 0 Å². The summed E-state index contributed by atoms with van der Waals surface area (Å²) in [7, 11) is 0. The number of esters is 1. The van der Waals surface area contributed by atoms with Crippen LogP contribution in [0.25, 0.3) is 11.4 Å². The van der Waals surface area contributed by atoms with E-state index in [4.69, 9.17) is 55.7 Å². The maximum absolute atomic E-state index is 12.0. The Balaban J connectivity index is 1.46. The monoisotopic (exact) mass is 487 g/mol. The Morgan fingerprint density at radius 3 is 2.33 bits per heavy atom. The molecule has 2 aromatic carbocycles. The number of hydrogen-bond acceptors (Lipinski definition) is 6. The number of nitrogens with one attached hydrogen (secondary N) is 1. The van der Waals surface area contributed by atoms with Gasteiger partial charge in [0.1, 0.15) is 0 Å². The number of anilines is 1. The van der Waals surface area contributed by atoms with Crippen molar-refractivity contribution in [3.8, 4) is 11.4 Å². The molecule has 156 valence electrons. The van der Waals surface area contributed by atoms with E-state index in [1.54, 1.807) is 24.3 Å². The van der Waals surface area contributed by atoms with Gasteiger partial charge in [-0.2, -0.15) is 4.98 Å². The quantitative estimate of drug-likeness (QED) is 0.443. The Kier molecular flexibility index (Phi) is 7.55. The van der Waals surface area contributed by atoms with E-state index in [2.05, 4.69) is 15.5 Å². The molecule has 0 aliphatic carbocycles. The lowest BCUT2D eigenvalue weighted by Gasteiger charge is -2.10. The van der Waals surface area contributed by atoms with Crippen LogP contribution in [0.15, 0.2) is 40.9 Å². The van der Waals surface area contributed by atoms with Crippen molar-refractivity contribution in [3.05, 3.63) is 62.4 Å². The van der Waals surface area contributed by atoms with Crippen molar-refractivity contribution in [2.45, 2.75) is 12.8 Å². The van der Waals surface area contributed by atoms with E-state index >= 15 is 0 Å². The van der Waals surface area contributed by atoms with E-state index in [0.717, 1.165) is 5.56 Å². The van der Waals surface area contributed by atoms with Crippen molar-refractivity contribution in [1.82, 2.24) is 10.1 Å². The van der Waals surface area contributed by atoms with Gasteiger partial charge in [0, 0.05) is 22.0 Å². The topological polar surface area (TPSA) is 94.3 Å². The van der Waals surface area contributed by atoms with Gasteiger partial charge in [-0.15, -0.1) is 0 Å². The number of ether oxygens (including phenoxy) is 1. The number of hydrogen-bond donors (Lipinski definition) is 1. The van der Waals surface area contributed by atoms with Crippen LogP contribution in [0.5, 0.6) is 0 Å². The summed E-state index contributed by atoms with van der Waals surface area (Å²) in [5, 5.41) is 7.58. The summed E-state index contributed by atoms with van der Waals surface area (Å²) >= 11 is 23.6. The molecular formula is C19H13Cl4N3O4. The van der Waals surface area contributed by atoms with Gasteiger partial charge in [0.15, 0.2) is 6.61 Å². The lowest BCUT2D eigenvalue weighted by molar-refractivity contribution is -0.147. The number of aryl methyl sites for hydroxylation is 1. The predicted octanol–water partition coefficient (Wildman–Crippen LogP) is 5.46.